The van der Waals surface area contributed by atoms with Crippen LogP contribution in [0.5, 0.6) is 0 Å². The van der Waals surface area contributed by atoms with Gasteiger partial charge in [0.2, 0.25) is 0 Å². The predicted octanol–water partition coefficient (Wildman–Crippen LogP) is 4.47. The molecule has 0 spiro atoms. The Labute approximate surface area is 185 Å². The molecule has 1 N–H and O–H groups in total. The Morgan fingerprint density at radius 1 is 1.23 bits per heavy atom. The summed E-state index contributed by atoms with van der Waals surface area (Å²) in [5.41, 5.74) is 4.09. The Morgan fingerprint density at radius 3 is 2.48 bits per heavy atom. The summed E-state index contributed by atoms with van der Waals surface area (Å²) in [6.45, 7) is 9.83. The van der Waals surface area contributed by atoms with Crippen LogP contribution in [-0.2, 0) is 17.9 Å². The number of aryl methyl sites for hydroxylation is 1. The van der Waals surface area contributed by atoms with Crippen molar-refractivity contribution in [2.45, 2.75) is 72.2 Å². The Balaban J connectivity index is 1.93. The molecular weight excluding hydrogens is 390 g/mol. The van der Waals surface area contributed by atoms with Crippen molar-refractivity contribution in [2.75, 3.05) is 13.7 Å². The van der Waals surface area contributed by atoms with Gasteiger partial charge in [0, 0.05) is 26.2 Å². The predicted molar refractivity (Wildman–Crippen MR) is 122 cm³/mol. The molecule has 1 saturated heterocycles. The highest BCUT2D eigenvalue weighted by Gasteiger charge is 2.31. The summed E-state index contributed by atoms with van der Waals surface area (Å²) in [5, 5.41) is 3.17. The summed E-state index contributed by atoms with van der Waals surface area (Å²) in [6, 6.07) is 10.1. The first kappa shape index (κ1) is 23.1. The van der Waals surface area contributed by atoms with Gasteiger partial charge in [-0.15, -0.1) is 0 Å². The van der Waals surface area contributed by atoms with E-state index in [1.54, 1.807) is 13.2 Å². The number of amides is 2. The molecule has 2 aromatic rings. The normalized spacial score (nSPS) is 17.1. The number of carbonyl (C=O) groups is 2. The second-order valence-electron chi connectivity index (χ2n) is 8.40. The number of hydrogen-bond donors (Lipinski definition) is 1. The largest absolute Gasteiger partial charge is 0.378 e. The van der Waals surface area contributed by atoms with Gasteiger partial charge in [-0.25, -0.2) is 0 Å². The van der Waals surface area contributed by atoms with Crippen LogP contribution in [0.3, 0.4) is 0 Å². The number of nitrogens with zero attached hydrogens (tertiary/aromatic N) is 2. The van der Waals surface area contributed by atoms with Crippen LogP contribution in [0.25, 0.3) is 0 Å². The molecular formula is C25H35N3O3. The van der Waals surface area contributed by atoms with Crippen molar-refractivity contribution < 1.29 is 14.3 Å². The van der Waals surface area contributed by atoms with Gasteiger partial charge in [-0.05, 0) is 51.7 Å². The van der Waals surface area contributed by atoms with Gasteiger partial charge in [0.1, 0.15) is 5.69 Å². The lowest BCUT2D eigenvalue weighted by atomic mass is 10.0. The van der Waals surface area contributed by atoms with Crippen LogP contribution >= 0.6 is 0 Å². The molecule has 1 fully saturated rings. The molecule has 1 aromatic heterocycles. The van der Waals surface area contributed by atoms with Crippen molar-refractivity contribution in [1.29, 1.82) is 0 Å². The first-order chi connectivity index (χ1) is 14.9. The van der Waals surface area contributed by atoms with Crippen LogP contribution in [0.2, 0.25) is 0 Å². The lowest BCUT2D eigenvalue weighted by molar-refractivity contribution is 0.0735. The standard InChI is InChI=1S/C25H35N3O3/c1-6-21(19-12-10-17(3)11-13-19)26-24(29)20-15-22(27(7-2)23(20)16-31-5)25(30)28-14-8-9-18(28)4/h10-13,15,18,21H,6-9,14,16H2,1-5H3,(H,26,29)/t18-,21+/m0/s1. The average molecular weight is 426 g/mol. The van der Waals surface area contributed by atoms with Gasteiger partial charge in [-0.1, -0.05) is 36.8 Å². The lowest BCUT2D eigenvalue weighted by Crippen LogP contribution is -2.35. The quantitative estimate of drug-likeness (QED) is 0.679. The van der Waals surface area contributed by atoms with E-state index in [0.29, 0.717) is 17.8 Å². The maximum absolute atomic E-state index is 13.3. The van der Waals surface area contributed by atoms with Crippen LogP contribution in [0.4, 0.5) is 0 Å². The molecule has 6 heteroatoms. The number of hydrogen-bond acceptors (Lipinski definition) is 3. The Kier molecular flexibility index (Phi) is 7.55. The molecule has 6 nitrogen and oxygen atoms in total. The highest BCUT2D eigenvalue weighted by Crippen LogP contribution is 2.25. The van der Waals surface area contributed by atoms with Crippen LogP contribution in [0, 0.1) is 6.92 Å². The van der Waals surface area contributed by atoms with Gasteiger partial charge >= 0.3 is 0 Å². The molecule has 0 bridgehead atoms. The fraction of sp³-hybridized carbons (Fsp3) is 0.520. The molecule has 0 saturated carbocycles. The molecule has 2 amide bonds. The molecule has 1 aliphatic rings. The highest BCUT2D eigenvalue weighted by atomic mass is 16.5. The maximum atomic E-state index is 13.3. The van der Waals surface area contributed by atoms with E-state index in [9.17, 15) is 9.59 Å². The number of rotatable bonds is 8. The molecule has 2 heterocycles. The van der Waals surface area contributed by atoms with E-state index in [1.165, 1.54) is 5.56 Å². The van der Waals surface area contributed by atoms with Crippen LogP contribution in [0.15, 0.2) is 30.3 Å². The summed E-state index contributed by atoms with van der Waals surface area (Å²) in [6.07, 6.45) is 2.82. The van der Waals surface area contributed by atoms with Crippen LogP contribution in [0.1, 0.15) is 83.7 Å². The molecule has 1 aliphatic heterocycles. The van der Waals surface area contributed by atoms with Crippen LogP contribution in [-0.4, -0.2) is 41.0 Å². The smallest absolute Gasteiger partial charge is 0.270 e. The summed E-state index contributed by atoms with van der Waals surface area (Å²) in [4.78, 5) is 28.5. The average Bonchev–Trinajstić information content (AvgIpc) is 3.36. The highest BCUT2D eigenvalue weighted by molar-refractivity contribution is 6.01. The molecule has 0 aliphatic carbocycles. The van der Waals surface area contributed by atoms with Gasteiger partial charge in [-0.2, -0.15) is 0 Å². The molecule has 31 heavy (non-hydrogen) atoms. The molecule has 0 radical (unpaired) electrons. The van der Waals surface area contributed by atoms with E-state index in [0.717, 1.165) is 37.1 Å². The zero-order valence-electron chi connectivity index (χ0n) is 19.4. The number of methoxy groups -OCH3 is 1. The zero-order valence-corrected chi connectivity index (χ0v) is 19.4. The maximum Gasteiger partial charge on any atom is 0.270 e. The van der Waals surface area contributed by atoms with E-state index in [-0.39, 0.29) is 30.5 Å². The molecule has 0 unspecified atom stereocenters. The summed E-state index contributed by atoms with van der Waals surface area (Å²) >= 11 is 0. The SMILES string of the molecule is CC[C@@H](NC(=O)c1cc(C(=O)N2CCC[C@@H]2C)n(CC)c1COC)c1ccc(C)cc1. The Hall–Kier alpha value is -2.60. The number of carbonyl (C=O) groups excluding carboxylic acids is 2. The number of likely N-dealkylation sites (tertiary alicyclic amines) is 1. The van der Waals surface area contributed by atoms with Crippen molar-refractivity contribution in [3.05, 3.63) is 58.4 Å². The minimum Gasteiger partial charge on any atom is -0.378 e. The topological polar surface area (TPSA) is 63.6 Å². The van der Waals surface area contributed by atoms with Gasteiger partial charge in [-0.3, -0.25) is 9.59 Å². The number of benzene rings is 1. The second kappa shape index (κ2) is 10.1. The first-order valence-electron chi connectivity index (χ1n) is 11.3. The summed E-state index contributed by atoms with van der Waals surface area (Å²) in [7, 11) is 1.61. The third-order valence-corrected chi connectivity index (χ3v) is 6.28. The fourth-order valence-electron chi connectivity index (χ4n) is 4.45. The van der Waals surface area contributed by atoms with E-state index in [4.69, 9.17) is 4.74 Å². The molecule has 1 aromatic carbocycles. The zero-order chi connectivity index (χ0) is 22.5. The second-order valence-corrected chi connectivity index (χ2v) is 8.40. The van der Waals surface area contributed by atoms with Crippen LogP contribution < -0.4 is 5.32 Å². The van der Waals surface area contributed by atoms with E-state index in [2.05, 4.69) is 43.4 Å². The van der Waals surface area contributed by atoms with E-state index < -0.39 is 0 Å². The molecule has 3 rings (SSSR count). The van der Waals surface area contributed by atoms with Gasteiger partial charge < -0.3 is 19.5 Å². The van der Waals surface area contributed by atoms with Crippen molar-refractivity contribution in [3.8, 4) is 0 Å². The lowest BCUT2D eigenvalue weighted by Gasteiger charge is -2.22. The van der Waals surface area contributed by atoms with Crippen molar-refractivity contribution in [2.24, 2.45) is 0 Å². The van der Waals surface area contributed by atoms with Gasteiger partial charge in [0.15, 0.2) is 0 Å². The summed E-state index contributed by atoms with van der Waals surface area (Å²) in [5.74, 6) is -0.177. The third-order valence-electron chi connectivity index (χ3n) is 6.28. The van der Waals surface area contributed by atoms with E-state index in [1.807, 2.05) is 23.3 Å². The number of aromatic nitrogens is 1. The fourth-order valence-corrected chi connectivity index (χ4v) is 4.45. The molecule has 2 atom stereocenters. The molecule has 168 valence electrons. The van der Waals surface area contributed by atoms with Crippen molar-refractivity contribution in [3.63, 3.8) is 0 Å². The summed E-state index contributed by atoms with van der Waals surface area (Å²) < 4.78 is 7.33. The van der Waals surface area contributed by atoms with E-state index >= 15 is 0 Å². The minimum absolute atomic E-state index is 0.00571. The third kappa shape index (κ3) is 4.85. The first-order valence-corrected chi connectivity index (χ1v) is 11.3. The minimum atomic E-state index is -0.171. The van der Waals surface area contributed by atoms with Gasteiger partial charge in [0.05, 0.1) is 23.9 Å². The Bertz CT molecular complexity index is 917. The Morgan fingerprint density at radius 2 is 1.94 bits per heavy atom. The van der Waals surface area contributed by atoms with Crippen molar-refractivity contribution >= 4 is 11.8 Å². The van der Waals surface area contributed by atoms with Crippen molar-refractivity contribution in [1.82, 2.24) is 14.8 Å². The number of nitrogens with one attached hydrogen (secondary N) is 1. The van der Waals surface area contributed by atoms with Gasteiger partial charge in [0.25, 0.3) is 11.8 Å². The monoisotopic (exact) mass is 425 g/mol. The number of ether oxygens (including phenoxy) is 1.